The molecule has 0 fully saturated rings. The van der Waals surface area contributed by atoms with Crippen molar-refractivity contribution in [2.45, 2.75) is 11.3 Å². The molecule has 0 radical (unpaired) electrons. The maximum atomic E-state index is 12.4. The van der Waals surface area contributed by atoms with Gasteiger partial charge in [-0.25, -0.2) is 13.6 Å². The van der Waals surface area contributed by atoms with Gasteiger partial charge in [0.25, 0.3) is 5.91 Å². The largest absolute Gasteiger partial charge is 0.497 e. The highest BCUT2D eigenvalue weighted by Gasteiger charge is 2.12. The van der Waals surface area contributed by atoms with E-state index >= 15 is 0 Å². The van der Waals surface area contributed by atoms with Gasteiger partial charge < -0.3 is 15.4 Å². The molecule has 0 aliphatic rings. The molecule has 0 bridgehead atoms. The molecule has 0 atom stereocenters. The molecule has 3 aromatic carbocycles. The van der Waals surface area contributed by atoms with Crippen LogP contribution in [0.2, 0.25) is 0 Å². The summed E-state index contributed by atoms with van der Waals surface area (Å²) >= 11 is 1.20. The maximum absolute atomic E-state index is 12.4. The molecule has 4 rings (SSSR count). The fraction of sp³-hybridized carbons (Fsp3) is 0.167. The summed E-state index contributed by atoms with van der Waals surface area (Å²) in [6, 6.07) is 19.9. The van der Waals surface area contributed by atoms with E-state index in [0.29, 0.717) is 30.9 Å². The van der Waals surface area contributed by atoms with Gasteiger partial charge in [0.15, 0.2) is 0 Å². The van der Waals surface area contributed by atoms with E-state index in [4.69, 9.17) is 9.88 Å². The van der Waals surface area contributed by atoms with Crippen molar-refractivity contribution in [2.75, 3.05) is 25.5 Å². The second-order valence-electron chi connectivity index (χ2n) is 7.58. The number of primary sulfonamides is 1. The number of carbonyl (C=O) groups excluding carboxylic acids is 1. The van der Waals surface area contributed by atoms with E-state index in [0.717, 1.165) is 27.0 Å². The van der Waals surface area contributed by atoms with E-state index in [-0.39, 0.29) is 10.8 Å². The molecule has 0 unspecified atom stereocenters. The summed E-state index contributed by atoms with van der Waals surface area (Å²) in [5.41, 5.74) is 2.67. The number of carbonyl (C=O) groups is 1. The third-order valence-electron chi connectivity index (χ3n) is 5.27. The SMILES string of the molecule is COc1ccc(-c2ccc(C(=O)NCCCNc3nsc4cc(S(N)(=O)=O)ccc34)cc2)cc1. The molecule has 1 aromatic heterocycles. The predicted octanol–water partition coefficient (Wildman–Crippen LogP) is 3.85. The average molecular weight is 497 g/mol. The normalized spacial score (nSPS) is 11.4. The molecule has 4 N–H and O–H groups in total. The first kappa shape index (κ1) is 23.7. The van der Waals surface area contributed by atoms with Crippen LogP contribution in [-0.2, 0) is 10.0 Å². The van der Waals surface area contributed by atoms with Crippen molar-refractivity contribution in [2.24, 2.45) is 5.14 Å². The van der Waals surface area contributed by atoms with Crippen molar-refractivity contribution in [3.8, 4) is 16.9 Å². The number of ether oxygens (including phenoxy) is 1. The fourth-order valence-corrected chi connectivity index (χ4v) is 4.83. The van der Waals surface area contributed by atoms with Crippen LogP contribution >= 0.6 is 11.5 Å². The second-order valence-corrected chi connectivity index (χ2v) is 9.94. The molecule has 10 heteroatoms. The lowest BCUT2D eigenvalue weighted by Gasteiger charge is -2.08. The molecule has 0 spiro atoms. The molecule has 34 heavy (non-hydrogen) atoms. The van der Waals surface area contributed by atoms with Gasteiger partial charge in [0.1, 0.15) is 11.6 Å². The lowest BCUT2D eigenvalue weighted by Crippen LogP contribution is -2.25. The number of rotatable bonds is 9. The Balaban J connectivity index is 1.26. The molecule has 1 amide bonds. The second kappa shape index (κ2) is 10.2. The number of nitrogens with one attached hydrogen (secondary N) is 2. The molecule has 176 valence electrons. The minimum absolute atomic E-state index is 0.0648. The van der Waals surface area contributed by atoms with Crippen LogP contribution in [-0.4, -0.2) is 38.9 Å². The average Bonchev–Trinajstić information content (AvgIpc) is 3.25. The molecule has 0 aliphatic carbocycles. The van der Waals surface area contributed by atoms with Gasteiger partial charge in [-0.3, -0.25) is 4.79 Å². The number of hydrogen-bond acceptors (Lipinski definition) is 7. The van der Waals surface area contributed by atoms with Crippen molar-refractivity contribution in [3.63, 3.8) is 0 Å². The number of aromatic nitrogens is 1. The summed E-state index contributed by atoms with van der Waals surface area (Å²) in [5, 5.41) is 12.2. The van der Waals surface area contributed by atoms with E-state index in [1.54, 1.807) is 13.2 Å². The molecule has 4 aromatic rings. The monoisotopic (exact) mass is 496 g/mol. The zero-order valence-corrected chi connectivity index (χ0v) is 20.1. The highest BCUT2D eigenvalue weighted by atomic mass is 32.2. The van der Waals surface area contributed by atoms with Gasteiger partial charge in [-0.1, -0.05) is 24.3 Å². The Bertz CT molecular complexity index is 1400. The van der Waals surface area contributed by atoms with E-state index in [1.807, 2.05) is 48.5 Å². The number of nitrogens with two attached hydrogens (primary N) is 1. The zero-order chi connectivity index (χ0) is 24.1. The van der Waals surface area contributed by atoms with E-state index in [1.165, 1.54) is 23.7 Å². The summed E-state index contributed by atoms with van der Waals surface area (Å²) in [5.74, 6) is 1.35. The molecular formula is C24H24N4O4S2. The fourth-order valence-electron chi connectivity index (χ4n) is 3.42. The van der Waals surface area contributed by atoms with Crippen molar-refractivity contribution >= 4 is 43.4 Å². The highest BCUT2D eigenvalue weighted by molar-refractivity contribution is 7.89. The first-order valence-electron chi connectivity index (χ1n) is 10.5. The van der Waals surface area contributed by atoms with Crippen LogP contribution in [0.25, 0.3) is 21.2 Å². The third kappa shape index (κ3) is 5.53. The highest BCUT2D eigenvalue weighted by Crippen LogP contribution is 2.28. The summed E-state index contributed by atoms with van der Waals surface area (Å²) < 4.78 is 33.3. The smallest absolute Gasteiger partial charge is 0.251 e. The lowest BCUT2D eigenvalue weighted by molar-refractivity contribution is 0.0953. The van der Waals surface area contributed by atoms with Gasteiger partial charge in [-0.15, -0.1) is 0 Å². The van der Waals surface area contributed by atoms with Gasteiger partial charge in [0.2, 0.25) is 10.0 Å². The van der Waals surface area contributed by atoms with Crippen molar-refractivity contribution in [1.82, 2.24) is 9.69 Å². The number of fused-ring (bicyclic) bond motifs is 1. The summed E-state index contributed by atoms with van der Waals surface area (Å²) in [4.78, 5) is 12.5. The van der Waals surface area contributed by atoms with Crippen LogP contribution in [0.1, 0.15) is 16.8 Å². The zero-order valence-electron chi connectivity index (χ0n) is 18.4. The van der Waals surface area contributed by atoms with Crippen LogP contribution in [0.5, 0.6) is 5.75 Å². The van der Waals surface area contributed by atoms with Crippen LogP contribution in [0, 0.1) is 0 Å². The Morgan fingerprint density at radius 1 is 1.00 bits per heavy atom. The third-order valence-corrected chi connectivity index (χ3v) is 6.99. The topological polar surface area (TPSA) is 123 Å². The van der Waals surface area contributed by atoms with Crippen molar-refractivity contribution in [1.29, 1.82) is 0 Å². The number of sulfonamides is 1. The number of anilines is 1. The number of nitrogens with zero attached hydrogens (tertiary/aromatic N) is 1. The Labute approximate surface area is 202 Å². The van der Waals surface area contributed by atoms with Crippen molar-refractivity contribution in [3.05, 3.63) is 72.3 Å². The molecule has 0 saturated carbocycles. The number of amides is 1. The Morgan fingerprint density at radius 3 is 2.32 bits per heavy atom. The van der Waals surface area contributed by atoms with Gasteiger partial charge >= 0.3 is 0 Å². The Kier molecular flexibility index (Phi) is 7.11. The lowest BCUT2D eigenvalue weighted by atomic mass is 10.0. The van der Waals surface area contributed by atoms with Gasteiger partial charge in [0.05, 0.1) is 16.7 Å². The van der Waals surface area contributed by atoms with Gasteiger partial charge in [-0.05, 0) is 71.5 Å². The van der Waals surface area contributed by atoms with Crippen molar-refractivity contribution < 1.29 is 17.9 Å². The van der Waals surface area contributed by atoms with Crippen LogP contribution in [0.15, 0.2) is 71.6 Å². The first-order valence-corrected chi connectivity index (χ1v) is 12.9. The van der Waals surface area contributed by atoms with Gasteiger partial charge in [-0.2, -0.15) is 4.37 Å². The molecule has 0 aliphatic heterocycles. The van der Waals surface area contributed by atoms with Crippen LogP contribution in [0.4, 0.5) is 5.82 Å². The molecule has 8 nitrogen and oxygen atoms in total. The Morgan fingerprint density at radius 2 is 1.68 bits per heavy atom. The maximum Gasteiger partial charge on any atom is 0.251 e. The summed E-state index contributed by atoms with van der Waals surface area (Å²) in [6.45, 7) is 1.11. The summed E-state index contributed by atoms with van der Waals surface area (Å²) in [6.07, 6.45) is 0.698. The van der Waals surface area contributed by atoms with Crippen LogP contribution < -0.4 is 20.5 Å². The van der Waals surface area contributed by atoms with E-state index < -0.39 is 10.0 Å². The number of hydrogen-bond donors (Lipinski definition) is 3. The Hall–Kier alpha value is -3.47. The molecule has 1 heterocycles. The number of benzene rings is 3. The quantitative estimate of drug-likeness (QED) is 0.303. The summed E-state index contributed by atoms with van der Waals surface area (Å²) in [7, 11) is -2.11. The number of methoxy groups -OCH3 is 1. The minimum Gasteiger partial charge on any atom is -0.497 e. The van der Waals surface area contributed by atoms with E-state index in [9.17, 15) is 13.2 Å². The first-order chi connectivity index (χ1) is 16.3. The van der Waals surface area contributed by atoms with E-state index in [2.05, 4.69) is 15.0 Å². The predicted molar refractivity (Wildman–Crippen MR) is 135 cm³/mol. The van der Waals surface area contributed by atoms with Gasteiger partial charge in [0, 0.05) is 24.0 Å². The minimum atomic E-state index is -3.75. The molecular weight excluding hydrogens is 472 g/mol. The molecule has 0 saturated heterocycles. The standard InChI is InChI=1S/C24H24N4O4S2/c1-32-19-9-7-17(8-10-19)16-3-5-18(6-4-16)24(29)27-14-2-13-26-23-21-12-11-20(34(25,30)31)15-22(21)33-28-23/h3-12,15H,2,13-14H2,1H3,(H,26,28)(H,27,29)(H2,25,30,31). The van der Waals surface area contributed by atoms with Crippen LogP contribution in [0.3, 0.4) is 0 Å².